The van der Waals surface area contributed by atoms with Gasteiger partial charge in [0.25, 0.3) is 5.91 Å². The Hall–Kier alpha value is -2.37. The normalized spacial score (nSPS) is 10.8. The zero-order valence-corrected chi connectivity index (χ0v) is 11.9. The molecule has 0 radical (unpaired) electrons. The van der Waals surface area contributed by atoms with E-state index in [0.29, 0.717) is 17.9 Å². The average Bonchev–Trinajstić information content (AvgIpc) is 2.81. The highest BCUT2D eigenvalue weighted by Gasteiger charge is 2.11. The van der Waals surface area contributed by atoms with Gasteiger partial charge in [0.1, 0.15) is 5.82 Å². The van der Waals surface area contributed by atoms with Gasteiger partial charge in [0, 0.05) is 24.5 Å². The van der Waals surface area contributed by atoms with Crippen LogP contribution in [0.3, 0.4) is 0 Å². The zero-order chi connectivity index (χ0) is 14.7. The van der Waals surface area contributed by atoms with Gasteiger partial charge >= 0.3 is 0 Å². The molecule has 0 saturated heterocycles. The van der Waals surface area contributed by atoms with Crippen molar-refractivity contribution in [2.24, 2.45) is 7.05 Å². The Morgan fingerprint density at radius 3 is 2.80 bits per heavy atom. The highest BCUT2D eigenvalue weighted by molar-refractivity contribution is 5.94. The summed E-state index contributed by atoms with van der Waals surface area (Å²) in [7, 11) is 1.84. The Morgan fingerprint density at radius 2 is 2.20 bits per heavy atom. The average molecular weight is 273 g/mol. The summed E-state index contributed by atoms with van der Waals surface area (Å²) in [5.41, 5.74) is 7.89. The van der Waals surface area contributed by atoms with E-state index in [0.717, 1.165) is 11.4 Å². The van der Waals surface area contributed by atoms with Crippen molar-refractivity contribution in [3.63, 3.8) is 0 Å². The lowest BCUT2D eigenvalue weighted by Gasteiger charge is -2.09. The van der Waals surface area contributed by atoms with Crippen LogP contribution in [-0.2, 0) is 13.6 Å². The first-order valence-corrected chi connectivity index (χ1v) is 6.50. The number of hydrogen-bond donors (Lipinski definition) is 2. The minimum Gasteiger partial charge on any atom is -0.384 e. The first-order valence-electron chi connectivity index (χ1n) is 6.50. The SMILES string of the molecule is CC(C)c1cc(C(=O)NCc2ccn(C)n2)cc(N)n1. The smallest absolute Gasteiger partial charge is 0.251 e. The molecule has 0 atom stereocenters. The molecule has 0 fully saturated rings. The number of aromatic nitrogens is 3. The molecule has 0 aromatic carbocycles. The van der Waals surface area contributed by atoms with Crippen molar-refractivity contribution in [1.29, 1.82) is 0 Å². The van der Waals surface area contributed by atoms with Crippen molar-refractivity contribution < 1.29 is 4.79 Å². The molecule has 0 bridgehead atoms. The van der Waals surface area contributed by atoms with Gasteiger partial charge in [-0.05, 0) is 24.1 Å². The third-order valence-corrected chi connectivity index (χ3v) is 2.92. The van der Waals surface area contributed by atoms with Gasteiger partial charge in [-0.2, -0.15) is 5.10 Å². The number of anilines is 1. The second-order valence-electron chi connectivity index (χ2n) is 5.02. The van der Waals surface area contributed by atoms with Crippen LogP contribution >= 0.6 is 0 Å². The van der Waals surface area contributed by atoms with E-state index in [9.17, 15) is 4.79 Å². The monoisotopic (exact) mass is 273 g/mol. The largest absolute Gasteiger partial charge is 0.384 e. The van der Waals surface area contributed by atoms with Crippen LogP contribution in [0.15, 0.2) is 24.4 Å². The van der Waals surface area contributed by atoms with Crippen LogP contribution in [0.4, 0.5) is 5.82 Å². The van der Waals surface area contributed by atoms with Gasteiger partial charge in [-0.3, -0.25) is 9.48 Å². The lowest BCUT2D eigenvalue weighted by molar-refractivity contribution is 0.0950. The molecule has 0 aliphatic heterocycles. The summed E-state index contributed by atoms with van der Waals surface area (Å²) in [6.07, 6.45) is 1.84. The second kappa shape index (κ2) is 5.73. The molecule has 106 valence electrons. The zero-order valence-electron chi connectivity index (χ0n) is 11.9. The van der Waals surface area contributed by atoms with Gasteiger partial charge in [0.15, 0.2) is 0 Å². The maximum atomic E-state index is 12.1. The molecule has 2 heterocycles. The van der Waals surface area contributed by atoms with E-state index in [4.69, 9.17) is 5.73 Å². The third-order valence-electron chi connectivity index (χ3n) is 2.92. The molecule has 2 aromatic rings. The van der Waals surface area contributed by atoms with E-state index >= 15 is 0 Å². The van der Waals surface area contributed by atoms with Crippen molar-refractivity contribution in [2.45, 2.75) is 26.3 Å². The van der Waals surface area contributed by atoms with Crippen LogP contribution in [0.2, 0.25) is 0 Å². The first kappa shape index (κ1) is 14.0. The Kier molecular flexibility index (Phi) is 4.02. The van der Waals surface area contributed by atoms with Gasteiger partial charge in [-0.1, -0.05) is 13.8 Å². The highest BCUT2D eigenvalue weighted by atomic mass is 16.1. The summed E-state index contributed by atoms with van der Waals surface area (Å²) in [5.74, 6) is 0.409. The molecule has 1 amide bonds. The van der Waals surface area contributed by atoms with E-state index in [-0.39, 0.29) is 11.8 Å². The van der Waals surface area contributed by atoms with E-state index in [1.54, 1.807) is 16.8 Å². The van der Waals surface area contributed by atoms with Crippen LogP contribution in [0, 0.1) is 0 Å². The molecule has 20 heavy (non-hydrogen) atoms. The summed E-state index contributed by atoms with van der Waals surface area (Å²) in [4.78, 5) is 16.3. The van der Waals surface area contributed by atoms with E-state index < -0.39 is 0 Å². The molecular formula is C14H19N5O. The van der Waals surface area contributed by atoms with Crippen molar-refractivity contribution in [3.05, 3.63) is 41.3 Å². The molecule has 0 unspecified atom stereocenters. The van der Waals surface area contributed by atoms with Gasteiger partial charge in [-0.15, -0.1) is 0 Å². The fourth-order valence-electron chi connectivity index (χ4n) is 1.83. The minimum atomic E-state index is -0.174. The molecular weight excluding hydrogens is 254 g/mol. The topological polar surface area (TPSA) is 85.8 Å². The minimum absolute atomic E-state index is 0.174. The molecule has 2 aromatic heterocycles. The maximum absolute atomic E-state index is 12.1. The molecule has 0 saturated carbocycles. The number of nitrogens with one attached hydrogen (secondary N) is 1. The van der Waals surface area contributed by atoms with Crippen LogP contribution in [0.1, 0.15) is 41.5 Å². The summed E-state index contributed by atoms with van der Waals surface area (Å²) in [6, 6.07) is 5.22. The van der Waals surface area contributed by atoms with E-state index in [1.165, 1.54) is 0 Å². The number of pyridine rings is 1. The van der Waals surface area contributed by atoms with Crippen molar-refractivity contribution in [1.82, 2.24) is 20.1 Å². The van der Waals surface area contributed by atoms with Gasteiger partial charge < -0.3 is 11.1 Å². The molecule has 0 aliphatic carbocycles. The van der Waals surface area contributed by atoms with Gasteiger partial charge in [-0.25, -0.2) is 4.98 Å². The number of carbonyl (C=O) groups excluding carboxylic acids is 1. The number of aryl methyl sites for hydroxylation is 1. The van der Waals surface area contributed by atoms with Crippen LogP contribution in [0.5, 0.6) is 0 Å². The van der Waals surface area contributed by atoms with Crippen LogP contribution in [-0.4, -0.2) is 20.7 Å². The predicted octanol–water partition coefficient (Wildman–Crippen LogP) is 1.45. The number of hydrogen-bond acceptors (Lipinski definition) is 4. The lowest BCUT2D eigenvalue weighted by Crippen LogP contribution is -2.23. The molecule has 0 spiro atoms. The van der Waals surface area contributed by atoms with Crippen LogP contribution < -0.4 is 11.1 Å². The van der Waals surface area contributed by atoms with E-state index in [1.807, 2.05) is 33.2 Å². The lowest BCUT2D eigenvalue weighted by atomic mass is 10.1. The molecule has 6 nitrogen and oxygen atoms in total. The van der Waals surface area contributed by atoms with E-state index in [2.05, 4.69) is 15.4 Å². The Balaban J connectivity index is 2.09. The summed E-state index contributed by atoms with van der Waals surface area (Å²) in [6.45, 7) is 4.41. The Bertz CT molecular complexity index is 618. The van der Waals surface area contributed by atoms with Gasteiger partial charge in [0.05, 0.1) is 12.2 Å². The molecule has 6 heteroatoms. The fraction of sp³-hybridized carbons (Fsp3) is 0.357. The third kappa shape index (κ3) is 3.34. The Morgan fingerprint density at radius 1 is 1.45 bits per heavy atom. The standard InChI is InChI=1S/C14H19N5O/c1-9(2)12-6-10(7-13(15)17-12)14(20)16-8-11-4-5-19(3)18-11/h4-7,9H,8H2,1-3H3,(H2,15,17)(H,16,20). The fourth-order valence-corrected chi connectivity index (χ4v) is 1.83. The number of amides is 1. The molecule has 3 N–H and O–H groups in total. The van der Waals surface area contributed by atoms with Crippen molar-refractivity contribution in [3.8, 4) is 0 Å². The summed E-state index contributed by atoms with van der Waals surface area (Å²) in [5, 5.41) is 7.03. The second-order valence-corrected chi connectivity index (χ2v) is 5.02. The van der Waals surface area contributed by atoms with Crippen molar-refractivity contribution in [2.75, 3.05) is 5.73 Å². The summed E-state index contributed by atoms with van der Waals surface area (Å²) < 4.78 is 1.70. The number of nitrogens with two attached hydrogens (primary N) is 1. The Labute approximate surface area is 118 Å². The predicted molar refractivity (Wildman–Crippen MR) is 77.1 cm³/mol. The highest BCUT2D eigenvalue weighted by Crippen LogP contribution is 2.16. The number of rotatable bonds is 4. The first-order chi connectivity index (χ1) is 9.45. The number of nitrogens with zero attached hydrogens (tertiary/aromatic N) is 3. The number of nitrogen functional groups attached to an aromatic ring is 1. The van der Waals surface area contributed by atoms with Crippen molar-refractivity contribution >= 4 is 11.7 Å². The summed E-state index contributed by atoms with van der Waals surface area (Å²) >= 11 is 0. The molecule has 2 rings (SSSR count). The maximum Gasteiger partial charge on any atom is 0.251 e. The van der Waals surface area contributed by atoms with Gasteiger partial charge in [0.2, 0.25) is 0 Å². The quantitative estimate of drug-likeness (QED) is 0.882. The number of carbonyl (C=O) groups is 1. The molecule has 0 aliphatic rings. The van der Waals surface area contributed by atoms with Crippen LogP contribution in [0.25, 0.3) is 0 Å².